The van der Waals surface area contributed by atoms with Crippen molar-refractivity contribution in [3.63, 3.8) is 0 Å². The third kappa shape index (κ3) is 5.22. The molecule has 0 spiro atoms. The van der Waals surface area contributed by atoms with E-state index in [9.17, 15) is 14.4 Å². The Hall–Kier alpha value is -3.15. The molecule has 2 aromatic rings. The molecule has 1 aliphatic rings. The van der Waals surface area contributed by atoms with Crippen LogP contribution < -0.4 is 10.6 Å². The van der Waals surface area contributed by atoms with Crippen molar-refractivity contribution in [1.82, 2.24) is 10.2 Å². The fraction of sp³-hybridized carbons (Fsp3) is 0.348. The van der Waals surface area contributed by atoms with E-state index < -0.39 is 11.8 Å². The number of hydrogen-bond donors (Lipinski definition) is 2. The summed E-state index contributed by atoms with van der Waals surface area (Å²) in [6, 6.07) is 17.3. The minimum atomic E-state index is -0.690. The highest BCUT2D eigenvalue weighted by Gasteiger charge is 2.44. The quantitative estimate of drug-likeness (QED) is 0.710. The molecule has 0 saturated heterocycles. The van der Waals surface area contributed by atoms with Crippen LogP contribution in [0, 0.1) is 0 Å². The van der Waals surface area contributed by atoms with E-state index in [0.717, 1.165) is 18.4 Å². The standard InChI is InChI=1S/C23H27N3O3/c1-3-26(17(2)27)15-18-8-7-11-20(14-18)25-22(29)21(28)24-16-23(12-13-23)19-9-5-4-6-10-19/h4-11,14H,3,12-13,15-16H2,1-2H3,(H,24,28)(H,25,29). The summed E-state index contributed by atoms with van der Waals surface area (Å²) in [5.74, 6) is -1.34. The van der Waals surface area contributed by atoms with Gasteiger partial charge in [0.05, 0.1) is 0 Å². The number of carbonyl (C=O) groups is 3. The van der Waals surface area contributed by atoms with Gasteiger partial charge in [0, 0.05) is 37.7 Å². The van der Waals surface area contributed by atoms with Gasteiger partial charge in [0.25, 0.3) is 0 Å². The molecule has 2 N–H and O–H groups in total. The molecular formula is C23H27N3O3. The predicted molar refractivity (Wildman–Crippen MR) is 112 cm³/mol. The predicted octanol–water partition coefficient (Wildman–Crippen LogP) is 2.84. The number of hydrogen-bond acceptors (Lipinski definition) is 3. The van der Waals surface area contributed by atoms with Gasteiger partial charge in [0.2, 0.25) is 5.91 Å². The zero-order chi connectivity index (χ0) is 20.9. The number of amides is 3. The van der Waals surface area contributed by atoms with E-state index in [4.69, 9.17) is 0 Å². The zero-order valence-corrected chi connectivity index (χ0v) is 16.9. The normalized spacial score (nSPS) is 14.0. The van der Waals surface area contributed by atoms with Gasteiger partial charge >= 0.3 is 11.8 Å². The molecule has 0 unspecified atom stereocenters. The van der Waals surface area contributed by atoms with Crippen LogP contribution in [0.2, 0.25) is 0 Å². The van der Waals surface area contributed by atoms with Crippen molar-refractivity contribution in [3.05, 3.63) is 65.7 Å². The lowest BCUT2D eigenvalue weighted by Crippen LogP contribution is -2.39. The lowest BCUT2D eigenvalue weighted by molar-refractivity contribution is -0.136. The van der Waals surface area contributed by atoms with E-state index in [0.29, 0.717) is 25.3 Å². The lowest BCUT2D eigenvalue weighted by Gasteiger charge is -2.19. The van der Waals surface area contributed by atoms with Crippen LogP contribution in [0.1, 0.15) is 37.8 Å². The van der Waals surface area contributed by atoms with Crippen molar-refractivity contribution in [1.29, 1.82) is 0 Å². The Balaban J connectivity index is 1.55. The first kappa shape index (κ1) is 20.6. The Morgan fingerprint density at radius 1 is 1.00 bits per heavy atom. The fourth-order valence-corrected chi connectivity index (χ4v) is 3.44. The van der Waals surface area contributed by atoms with E-state index in [1.54, 1.807) is 23.1 Å². The summed E-state index contributed by atoms with van der Waals surface area (Å²) in [5, 5.41) is 5.42. The van der Waals surface area contributed by atoms with Crippen LogP contribution in [-0.4, -0.2) is 35.7 Å². The topological polar surface area (TPSA) is 78.5 Å². The number of carbonyl (C=O) groups excluding carboxylic acids is 3. The van der Waals surface area contributed by atoms with Crippen LogP contribution in [0.5, 0.6) is 0 Å². The molecule has 29 heavy (non-hydrogen) atoms. The van der Waals surface area contributed by atoms with Gasteiger partial charge in [-0.3, -0.25) is 14.4 Å². The van der Waals surface area contributed by atoms with Crippen LogP contribution in [0.25, 0.3) is 0 Å². The molecule has 0 atom stereocenters. The third-order valence-electron chi connectivity index (χ3n) is 5.42. The van der Waals surface area contributed by atoms with Crippen LogP contribution in [0.3, 0.4) is 0 Å². The van der Waals surface area contributed by atoms with Gasteiger partial charge in [0.1, 0.15) is 0 Å². The fourth-order valence-electron chi connectivity index (χ4n) is 3.44. The Bertz CT molecular complexity index is 891. The smallest absolute Gasteiger partial charge is 0.313 e. The molecule has 3 amide bonds. The van der Waals surface area contributed by atoms with Gasteiger partial charge in [-0.15, -0.1) is 0 Å². The molecule has 6 heteroatoms. The van der Waals surface area contributed by atoms with Crippen LogP contribution in [0.15, 0.2) is 54.6 Å². The Morgan fingerprint density at radius 2 is 1.72 bits per heavy atom. The first-order valence-corrected chi connectivity index (χ1v) is 9.93. The molecule has 2 aromatic carbocycles. The van der Waals surface area contributed by atoms with Gasteiger partial charge in [-0.2, -0.15) is 0 Å². The van der Waals surface area contributed by atoms with Crippen molar-refractivity contribution < 1.29 is 14.4 Å². The monoisotopic (exact) mass is 393 g/mol. The van der Waals surface area contributed by atoms with Crippen LogP contribution in [-0.2, 0) is 26.3 Å². The number of benzene rings is 2. The maximum absolute atomic E-state index is 12.3. The summed E-state index contributed by atoms with van der Waals surface area (Å²) in [4.78, 5) is 37.9. The minimum absolute atomic E-state index is 0.00580. The van der Waals surface area contributed by atoms with Gasteiger partial charge < -0.3 is 15.5 Å². The number of rotatable bonds is 7. The maximum atomic E-state index is 12.3. The summed E-state index contributed by atoms with van der Waals surface area (Å²) < 4.78 is 0. The molecule has 6 nitrogen and oxygen atoms in total. The number of nitrogens with one attached hydrogen (secondary N) is 2. The van der Waals surface area contributed by atoms with Gasteiger partial charge in [0.15, 0.2) is 0 Å². The van der Waals surface area contributed by atoms with Crippen LogP contribution >= 0.6 is 0 Å². The SMILES string of the molecule is CCN(Cc1cccc(NC(=O)C(=O)NCC2(c3ccccc3)CC2)c1)C(C)=O. The van der Waals surface area contributed by atoms with E-state index >= 15 is 0 Å². The molecule has 1 aliphatic carbocycles. The lowest BCUT2D eigenvalue weighted by atomic mass is 9.96. The summed E-state index contributed by atoms with van der Waals surface area (Å²) in [6.45, 7) is 4.97. The summed E-state index contributed by atoms with van der Waals surface area (Å²) in [6.07, 6.45) is 2.01. The molecule has 0 aromatic heterocycles. The third-order valence-corrected chi connectivity index (χ3v) is 5.42. The van der Waals surface area contributed by atoms with E-state index in [1.807, 2.05) is 31.2 Å². The largest absolute Gasteiger partial charge is 0.347 e. The molecule has 0 heterocycles. The Morgan fingerprint density at radius 3 is 2.34 bits per heavy atom. The average molecular weight is 393 g/mol. The van der Waals surface area contributed by atoms with E-state index in [-0.39, 0.29) is 11.3 Å². The molecule has 3 rings (SSSR count). The summed E-state index contributed by atoms with van der Waals surface area (Å²) in [7, 11) is 0. The van der Waals surface area contributed by atoms with Crippen molar-refractivity contribution >= 4 is 23.4 Å². The van der Waals surface area contributed by atoms with Gasteiger partial charge in [-0.25, -0.2) is 0 Å². The van der Waals surface area contributed by atoms with E-state index in [1.165, 1.54) is 12.5 Å². The highest BCUT2D eigenvalue weighted by molar-refractivity contribution is 6.39. The first-order valence-electron chi connectivity index (χ1n) is 9.93. The van der Waals surface area contributed by atoms with E-state index in [2.05, 4.69) is 22.8 Å². The van der Waals surface area contributed by atoms with Crippen molar-refractivity contribution in [2.75, 3.05) is 18.4 Å². The first-order chi connectivity index (χ1) is 13.9. The van der Waals surface area contributed by atoms with Crippen molar-refractivity contribution in [3.8, 4) is 0 Å². The summed E-state index contributed by atoms with van der Waals surface area (Å²) >= 11 is 0. The molecule has 152 valence electrons. The summed E-state index contributed by atoms with van der Waals surface area (Å²) in [5.41, 5.74) is 2.57. The zero-order valence-electron chi connectivity index (χ0n) is 16.9. The molecule has 0 aliphatic heterocycles. The number of anilines is 1. The number of nitrogens with zero attached hydrogens (tertiary/aromatic N) is 1. The van der Waals surface area contributed by atoms with Crippen molar-refractivity contribution in [2.45, 2.75) is 38.6 Å². The highest BCUT2D eigenvalue weighted by Crippen LogP contribution is 2.47. The molecule has 1 saturated carbocycles. The second-order valence-electron chi connectivity index (χ2n) is 7.52. The maximum Gasteiger partial charge on any atom is 0.313 e. The highest BCUT2D eigenvalue weighted by atomic mass is 16.2. The average Bonchev–Trinajstić information content (AvgIpc) is 3.52. The van der Waals surface area contributed by atoms with Crippen LogP contribution in [0.4, 0.5) is 5.69 Å². The molecular weight excluding hydrogens is 366 g/mol. The van der Waals surface area contributed by atoms with Gasteiger partial charge in [-0.05, 0) is 43.0 Å². The second kappa shape index (κ2) is 8.90. The Labute approximate surface area is 171 Å². The Kier molecular flexibility index (Phi) is 6.32. The van der Waals surface area contributed by atoms with Crippen molar-refractivity contribution in [2.24, 2.45) is 0 Å². The molecule has 0 radical (unpaired) electrons. The molecule has 0 bridgehead atoms. The minimum Gasteiger partial charge on any atom is -0.347 e. The molecule has 1 fully saturated rings. The second-order valence-corrected chi connectivity index (χ2v) is 7.52. The van der Waals surface area contributed by atoms with Gasteiger partial charge in [-0.1, -0.05) is 42.5 Å².